The first-order valence-electron chi connectivity index (χ1n) is 7.47. The van der Waals surface area contributed by atoms with Gasteiger partial charge in [-0.3, -0.25) is 4.99 Å². The van der Waals surface area contributed by atoms with E-state index in [0.29, 0.717) is 11.3 Å². The van der Waals surface area contributed by atoms with E-state index in [0.717, 1.165) is 5.56 Å². The maximum Gasteiger partial charge on any atom is 0.343 e. The number of aliphatic imine (C=N–C) groups is 1. The van der Waals surface area contributed by atoms with Gasteiger partial charge in [-0.25, -0.2) is 13.6 Å². The van der Waals surface area contributed by atoms with Gasteiger partial charge in [0.1, 0.15) is 17.4 Å². The van der Waals surface area contributed by atoms with Crippen LogP contribution >= 0.6 is 0 Å². The van der Waals surface area contributed by atoms with Gasteiger partial charge < -0.3 is 4.74 Å². The molecule has 3 aromatic rings. The van der Waals surface area contributed by atoms with Crippen LogP contribution < -0.4 is 4.74 Å². The second kappa shape index (κ2) is 7.49. The van der Waals surface area contributed by atoms with Crippen molar-refractivity contribution in [1.82, 2.24) is 0 Å². The Bertz CT molecular complexity index is 886. The smallest absolute Gasteiger partial charge is 0.343 e. The van der Waals surface area contributed by atoms with Crippen LogP contribution in [0.3, 0.4) is 0 Å². The molecule has 0 spiro atoms. The number of ether oxygens (including phenoxy) is 1. The lowest BCUT2D eigenvalue weighted by Gasteiger charge is -2.04. The molecule has 0 unspecified atom stereocenters. The molecule has 0 N–H and O–H groups in total. The molecule has 0 atom stereocenters. The van der Waals surface area contributed by atoms with Crippen LogP contribution in [0.4, 0.5) is 14.5 Å². The molecule has 0 amide bonds. The maximum absolute atomic E-state index is 12.8. The molecule has 0 saturated carbocycles. The summed E-state index contributed by atoms with van der Waals surface area (Å²) in [7, 11) is 0. The lowest BCUT2D eigenvalue weighted by atomic mass is 10.1. The number of carbonyl (C=O) groups excluding carboxylic acids is 1. The van der Waals surface area contributed by atoms with Crippen LogP contribution in [0.5, 0.6) is 5.75 Å². The molecule has 0 heterocycles. The van der Waals surface area contributed by atoms with Gasteiger partial charge in [0.05, 0.1) is 11.3 Å². The highest BCUT2D eigenvalue weighted by molar-refractivity contribution is 5.92. The summed E-state index contributed by atoms with van der Waals surface area (Å²) in [5.41, 5.74) is 1.77. The molecule has 0 aliphatic carbocycles. The van der Waals surface area contributed by atoms with Crippen molar-refractivity contribution in [1.29, 1.82) is 0 Å². The fraction of sp³-hybridized carbons (Fsp3) is 0. The normalized spacial score (nSPS) is 10.8. The predicted molar refractivity (Wildman–Crippen MR) is 91.5 cm³/mol. The number of carbonyl (C=O) groups is 1. The molecular weight excluding hydrogens is 324 g/mol. The Morgan fingerprint density at radius 1 is 0.800 bits per heavy atom. The molecule has 0 aliphatic heterocycles. The Morgan fingerprint density at radius 3 is 1.96 bits per heavy atom. The van der Waals surface area contributed by atoms with Crippen LogP contribution in [0, 0.1) is 11.6 Å². The minimum atomic E-state index is -0.534. The van der Waals surface area contributed by atoms with E-state index < -0.39 is 11.8 Å². The average Bonchev–Trinajstić information content (AvgIpc) is 2.63. The van der Waals surface area contributed by atoms with Crippen molar-refractivity contribution in [2.24, 2.45) is 4.99 Å². The Labute approximate surface area is 143 Å². The lowest BCUT2D eigenvalue weighted by molar-refractivity contribution is 0.0734. The molecule has 3 rings (SSSR count). The molecule has 0 fully saturated rings. The minimum Gasteiger partial charge on any atom is -0.423 e. The van der Waals surface area contributed by atoms with E-state index in [1.807, 2.05) is 0 Å². The van der Waals surface area contributed by atoms with Crippen molar-refractivity contribution < 1.29 is 18.3 Å². The van der Waals surface area contributed by atoms with E-state index in [9.17, 15) is 13.6 Å². The van der Waals surface area contributed by atoms with E-state index in [-0.39, 0.29) is 11.6 Å². The summed E-state index contributed by atoms with van der Waals surface area (Å²) in [6.07, 6.45) is 1.61. The van der Waals surface area contributed by atoms with Gasteiger partial charge in [-0.2, -0.15) is 0 Å². The fourth-order valence-corrected chi connectivity index (χ4v) is 2.05. The zero-order chi connectivity index (χ0) is 17.6. The number of esters is 1. The standard InChI is InChI=1S/C20H13F2NO2/c21-16-5-9-18(10-6-16)23-13-14-1-3-15(4-2-14)20(24)25-19-11-7-17(22)8-12-19/h1-13H. The van der Waals surface area contributed by atoms with E-state index >= 15 is 0 Å². The van der Waals surface area contributed by atoms with Crippen LogP contribution in [0.1, 0.15) is 15.9 Å². The van der Waals surface area contributed by atoms with Gasteiger partial charge in [0.25, 0.3) is 0 Å². The molecule has 0 saturated heterocycles. The van der Waals surface area contributed by atoms with Crippen molar-refractivity contribution in [2.45, 2.75) is 0 Å². The first-order chi connectivity index (χ1) is 12.1. The Kier molecular flexibility index (Phi) is 4.95. The fourth-order valence-electron chi connectivity index (χ4n) is 2.05. The summed E-state index contributed by atoms with van der Waals surface area (Å²) < 4.78 is 30.8. The highest BCUT2D eigenvalue weighted by atomic mass is 19.1. The number of rotatable bonds is 4. The van der Waals surface area contributed by atoms with E-state index in [1.165, 1.54) is 36.4 Å². The van der Waals surface area contributed by atoms with Gasteiger partial charge in [-0.05, 0) is 66.2 Å². The van der Waals surface area contributed by atoms with Gasteiger partial charge in [-0.1, -0.05) is 12.1 Å². The Balaban J connectivity index is 1.66. The summed E-state index contributed by atoms with van der Waals surface area (Å²) in [5, 5.41) is 0. The van der Waals surface area contributed by atoms with Gasteiger partial charge in [0, 0.05) is 6.21 Å². The van der Waals surface area contributed by atoms with Crippen molar-refractivity contribution in [2.75, 3.05) is 0 Å². The summed E-state index contributed by atoms with van der Waals surface area (Å²) in [5.74, 6) is -0.977. The first-order valence-corrected chi connectivity index (χ1v) is 7.47. The largest absolute Gasteiger partial charge is 0.423 e. The van der Waals surface area contributed by atoms with Crippen molar-refractivity contribution in [3.05, 3.63) is 95.6 Å². The molecule has 0 aromatic heterocycles. The molecule has 0 radical (unpaired) electrons. The van der Waals surface area contributed by atoms with Crippen molar-refractivity contribution in [3.8, 4) is 5.75 Å². The van der Waals surface area contributed by atoms with E-state index in [2.05, 4.69) is 4.99 Å². The average molecular weight is 337 g/mol. The SMILES string of the molecule is O=C(Oc1ccc(F)cc1)c1ccc(C=Nc2ccc(F)cc2)cc1. The summed E-state index contributed by atoms with van der Waals surface area (Å²) in [4.78, 5) is 16.3. The lowest BCUT2D eigenvalue weighted by Crippen LogP contribution is -2.08. The summed E-state index contributed by atoms with van der Waals surface area (Å²) in [6.45, 7) is 0. The number of hydrogen-bond acceptors (Lipinski definition) is 3. The van der Waals surface area contributed by atoms with Gasteiger partial charge in [-0.15, -0.1) is 0 Å². The highest BCUT2D eigenvalue weighted by Crippen LogP contribution is 2.15. The third-order valence-electron chi connectivity index (χ3n) is 3.36. The molecule has 124 valence electrons. The molecule has 5 heteroatoms. The van der Waals surface area contributed by atoms with Crippen molar-refractivity contribution >= 4 is 17.9 Å². The topological polar surface area (TPSA) is 38.7 Å². The van der Waals surface area contributed by atoms with Crippen LogP contribution in [0.25, 0.3) is 0 Å². The quantitative estimate of drug-likeness (QED) is 0.384. The zero-order valence-electron chi connectivity index (χ0n) is 13.0. The number of benzene rings is 3. The molecular formula is C20H13F2NO2. The zero-order valence-corrected chi connectivity index (χ0v) is 13.0. The van der Waals surface area contributed by atoms with Crippen LogP contribution in [0.2, 0.25) is 0 Å². The molecule has 0 aliphatic rings. The third-order valence-corrected chi connectivity index (χ3v) is 3.36. The second-order valence-corrected chi connectivity index (χ2v) is 5.20. The molecule has 3 aromatic carbocycles. The predicted octanol–water partition coefficient (Wildman–Crippen LogP) is 4.93. The van der Waals surface area contributed by atoms with Crippen LogP contribution in [-0.4, -0.2) is 12.2 Å². The molecule has 0 bridgehead atoms. The van der Waals surface area contributed by atoms with Gasteiger partial charge >= 0.3 is 5.97 Å². The minimum absolute atomic E-state index is 0.272. The Hall–Kier alpha value is -3.34. The highest BCUT2D eigenvalue weighted by Gasteiger charge is 2.08. The van der Waals surface area contributed by atoms with E-state index in [4.69, 9.17) is 4.74 Å². The van der Waals surface area contributed by atoms with Crippen LogP contribution in [0.15, 0.2) is 77.8 Å². The molecule has 25 heavy (non-hydrogen) atoms. The summed E-state index contributed by atoms with van der Waals surface area (Å²) >= 11 is 0. The first kappa shape index (κ1) is 16.5. The van der Waals surface area contributed by atoms with Gasteiger partial charge in [0.15, 0.2) is 0 Å². The Morgan fingerprint density at radius 2 is 1.36 bits per heavy atom. The monoisotopic (exact) mass is 337 g/mol. The second-order valence-electron chi connectivity index (χ2n) is 5.20. The van der Waals surface area contributed by atoms with Crippen LogP contribution in [-0.2, 0) is 0 Å². The van der Waals surface area contributed by atoms with E-state index in [1.54, 1.807) is 42.6 Å². The summed E-state index contributed by atoms with van der Waals surface area (Å²) in [6, 6.07) is 17.7. The van der Waals surface area contributed by atoms with Crippen molar-refractivity contribution in [3.63, 3.8) is 0 Å². The molecule has 3 nitrogen and oxygen atoms in total. The number of halogens is 2. The van der Waals surface area contributed by atoms with Gasteiger partial charge in [0.2, 0.25) is 0 Å². The maximum atomic E-state index is 12.8. The number of hydrogen-bond donors (Lipinski definition) is 0. The number of nitrogens with zero attached hydrogens (tertiary/aromatic N) is 1. The third kappa shape index (κ3) is 4.57.